The highest BCUT2D eigenvalue weighted by molar-refractivity contribution is 6.03. The number of likely N-dealkylation sites (tertiary alicyclic amines) is 1. The van der Waals surface area contributed by atoms with Crippen molar-refractivity contribution in [2.24, 2.45) is 5.92 Å². The van der Waals surface area contributed by atoms with E-state index in [0.717, 1.165) is 5.56 Å². The molecule has 1 heterocycles. The Kier molecular flexibility index (Phi) is 14.4. The third-order valence-electron chi connectivity index (χ3n) is 6.39. The Morgan fingerprint density at radius 2 is 1.55 bits per heavy atom. The van der Waals surface area contributed by atoms with Gasteiger partial charge in [-0.05, 0) is 31.7 Å². The van der Waals surface area contributed by atoms with Gasteiger partial charge in [0.05, 0.1) is 19.6 Å². The van der Waals surface area contributed by atoms with Gasteiger partial charge in [0.1, 0.15) is 0 Å². The quantitative estimate of drug-likeness (QED) is 0.121. The zero-order valence-corrected chi connectivity index (χ0v) is 23.4. The van der Waals surface area contributed by atoms with Crippen molar-refractivity contribution in [3.05, 3.63) is 35.9 Å². The lowest BCUT2D eigenvalue weighted by molar-refractivity contribution is -0.139. The molecule has 0 aliphatic carbocycles. The molecule has 220 valence electrons. The molecule has 1 unspecified atom stereocenters. The number of unbranched alkanes of at least 4 members (excludes halogenated alkanes) is 2. The molecule has 6 amide bonds. The van der Waals surface area contributed by atoms with Crippen molar-refractivity contribution in [1.82, 2.24) is 31.5 Å². The first kappa shape index (κ1) is 32.4. The molecule has 12 nitrogen and oxygen atoms in total. The Balaban J connectivity index is 1.63. The van der Waals surface area contributed by atoms with E-state index in [1.807, 2.05) is 37.3 Å². The fourth-order valence-electron chi connectivity index (χ4n) is 4.30. The molecule has 0 saturated carbocycles. The van der Waals surface area contributed by atoms with E-state index in [1.165, 1.54) is 4.90 Å². The number of nitrogens with one attached hydrogen (secondary N) is 5. The fraction of sp³-hybridized carbons (Fsp3) is 0.571. The number of amides is 6. The maximum atomic E-state index is 12.5. The predicted octanol–water partition coefficient (Wildman–Crippen LogP) is -0.373. The molecule has 12 heteroatoms. The van der Waals surface area contributed by atoms with Crippen LogP contribution in [0.3, 0.4) is 0 Å². The normalized spacial score (nSPS) is 15.4. The van der Waals surface area contributed by atoms with Crippen LogP contribution >= 0.6 is 0 Å². The molecule has 1 aromatic carbocycles. The second-order valence-electron chi connectivity index (χ2n) is 9.89. The molecule has 0 bridgehead atoms. The summed E-state index contributed by atoms with van der Waals surface area (Å²) >= 11 is 0. The van der Waals surface area contributed by atoms with Crippen LogP contribution < -0.4 is 26.6 Å². The highest BCUT2D eigenvalue weighted by atomic mass is 16.2. The van der Waals surface area contributed by atoms with Crippen LogP contribution in [0.1, 0.15) is 51.5 Å². The highest BCUT2D eigenvalue weighted by Crippen LogP contribution is 2.19. The van der Waals surface area contributed by atoms with Gasteiger partial charge in [-0.3, -0.25) is 33.7 Å². The lowest BCUT2D eigenvalue weighted by atomic mass is 10.1. The van der Waals surface area contributed by atoms with E-state index in [2.05, 4.69) is 26.6 Å². The summed E-state index contributed by atoms with van der Waals surface area (Å²) in [6.45, 7) is 4.48. The van der Waals surface area contributed by atoms with Crippen LogP contribution in [-0.4, -0.2) is 85.7 Å². The summed E-state index contributed by atoms with van der Waals surface area (Å²) in [5.41, 5.74) is 1.02. The first-order chi connectivity index (χ1) is 19.2. The van der Waals surface area contributed by atoms with Gasteiger partial charge >= 0.3 is 0 Å². The van der Waals surface area contributed by atoms with Gasteiger partial charge in [-0.2, -0.15) is 0 Å². The average Bonchev–Trinajstić information content (AvgIpc) is 3.16. The number of imide groups is 1. The summed E-state index contributed by atoms with van der Waals surface area (Å²) in [5.74, 6) is -1.83. The Bertz CT molecular complexity index is 1020. The van der Waals surface area contributed by atoms with Crippen molar-refractivity contribution in [2.45, 2.75) is 58.4 Å². The van der Waals surface area contributed by atoms with Gasteiger partial charge in [-0.1, -0.05) is 43.7 Å². The van der Waals surface area contributed by atoms with Crippen molar-refractivity contribution < 1.29 is 28.8 Å². The maximum absolute atomic E-state index is 12.5. The molecule has 1 fully saturated rings. The molecule has 1 saturated heterocycles. The van der Waals surface area contributed by atoms with Crippen LogP contribution in [0, 0.1) is 5.92 Å². The first-order valence-corrected chi connectivity index (χ1v) is 13.9. The van der Waals surface area contributed by atoms with Gasteiger partial charge in [0.15, 0.2) is 0 Å². The SMILES string of the molecule is CCNC(=O)CNC[C@H](Cc1ccccc1)NC(=O)CNC(=O)CNC(=O)CCCCCN1C(=O)CC(C)C1=O. The third kappa shape index (κ3) is 12.4. The Morgan fingerprint density at radius 3 is 2.23 bits per heavy atom. The smallest absolute Gasteiger partial charge is 0.239 e. The molecular formula is C28H42N6O6. The van der Waals surface area contributed by atoms with Crippen molar-refractivity contribution in [1.29, 1.82) is 0 Å². The number of benzene rings is 1. The second kappa shape index (κ2) is 17.7. The average molecular weight is 559 g/mol. The monoisotopic (exact) mass is 558 g/mol. The number of rotatable bonds is 18. The summed E-state index contributed by atoms with van der Waals surface area (Å²) in [6.07, 6.45) is 2.89. The number of carbonyl (C=O) groups is 6. The zero-order valence-electron chi connectivity index (χ0n) is 23.4. The van der Waals surface area contributed by atoms with Crippen molar-refractivity contribution in [3.8, 4) is 0 Å². The molecule has 0 spiro atoms. The summed E-state index contributed by atoms with van der Waals surface area (Å²) in [4.78, 5) is 73.3. The van der Waals surface area contributed by atoms with Crippen LogP contribution in [0.5, 0.6) is 0 Å². The van der Waals surface area contributed by atoms with Gasteiger partial charge in [-0.25, -0.2) is 0 Å². The summed E-state index contributed by atoms with van der Waals surface area (Å²) in [6, 6.07) is 9.31. The Morgan fingerprint density at radius 1 is 0.875 bits per heavy atom. The summed E-state index contributed by atoms with van der Waals surface area (Å²) in [7, 11) is 0. The van der Waals surface area contributed by atoms with Crippen LogP contribution in [0.25, 0.3) is 0 Å². The third-order valence-corrected chi connectivity index (χ3v) is 6.39. The molecule has 2 rings (SSSR count). The molecule has 0 aromatic heterocycles. The molecule has 1 aliphatic rings. The maximum Gasteiger partial charge on any atom is 0.239 e. The van der Waals surface area contributed by atoms with Gasteiger partial charge in [0.25, 0.3) is 0 Å². The minimum atomic E-state index is -0.488. The lowest BCUT2D eigenvalue weighted by Gasteiger charge is -2.20. The largest absolute Gasteiger partial charge is 0.355 e. The number of hydrogen-bond donors (Lipinski definition) is 5. The van der Waals surface area contributed by atoms with Crippen LogP contribution in [0.2, 0.25) is 0 Å². The number of likely N-dealkylation sites (N-methyl/N-ethyl adjacent to an activating group) is 1. The van der Waals surface area contributed by atoms with E-state index in [1.54, 1.807) is 6.92 Å². The van der Waals surface area contributed by atoms with Crippen LogP contribution in [0.4, 0.5) is 0 Å². The molecule has 1 aromatic rings. The minimum absolute atomic E-state index is 0.127. The molecular weight excluding hydrogens is 516 g/mol. The predicted molar refractivity (Wildman–Crippen MR) is 149 cm³/mol. The summed E-state index contributed by atoms with van der Waals surface area (Å²) < 4.78 is 0. The molecule has 40 heavy (non-hydrogen) atoms. The number of carbonyl (C=O) groups excluding carboxylic acids is 6. The van der Waals surface area contributed by atoms with Crippen molar-refractivity contribution in [3.63, 3.8) is 0 Å². The second-order valence-corrected chi connectivity index (χ2v) is 9.89. The Labute approximate surface area is 235 Å². The zero-order chi connectivity index (χ0) is 29.3. The van der Waals surface area contributed by atoms with E-state index < -0.39 is 5.91 Å². The fourth-order valence-corrected chi connectivity index (χ4v) is 4.30. The van der Waals surface area contributed by atoms with E-state index in [0.29, 0.717) is 45.3 Å². The van der Waals surface area contributed by atoms with E-state index >= 15 is 0 Å². The highest BCUT2D eigenvalue weighted by Gasteiger charge is 2.34. The number of hydrogen-bond acceptors (Lipinski definition) is 7. The molecule has 5 N–H and O–H groups in total. The van der Waals surface area contributed by atoms with Gasteiger partial charge in [-0.15, -0.1) is 0 Å². The van der Waals surface area contributed by atoms with Gasteiger partial charge in [0.2, 0.25) is 35.4 Å². The van der Waals surface area contributed by atoms with Gasteiger partial charge < -0.3 is 26.6 Å². The van der Waals surface area contributed by atoms with Crippen molar-refractivity contribution in [2.75, 3.05) is 39.3 Å². The van der Waals surface area contributed by atoms with Crippen LogP contribution in [-0.2, 0) is 35.2 Å². The number of nitrogens with zero attached hydrogens (tertiary/aromatic N) is 1. The standard InChI is InChI=1S/C28H42N6O6/c1-3-30-24(36)17-29-16-22(15-21-10-6-4-7-11-21)33-26(38)19-32-25(37)18-31-23(35)12-8-5-9-13-34-27(39)14-20(2)28(34)40/h4,6-7,10-11,20,22,29H,3,5,8-9,12-19H2,1-2H3,(H,30,36)(H,31,35)(H,32,37)(H,33,38)/t20?,22-/m0/s1. The van der Waals surface area contributed by atoms with E-state index in [4.69, 9.17) is 0 Å². The first-order valence-electron chi connectivity index (χ1n) is 13.9. The topological polar surface area (TPSA) is 166 Å². The Hall–Kier alpha value is -3.80. The molecule has 1 aliphatic heterocycles. The summed E-state index contributed by atoms with van der Waals surface area (Å²) in [5, 5.41) is 13.7. The van der Waals surface area contributed by atoms with Crippen LogP contribution in [0.15, 0.2) is 30.3 Å². The lowest BCUT2D eigenvalue weighted by Crippen LogP contribution is -2.49. The molecule has 2 atom stereocenters. The van der Waals surface area contributed by atoms with E-state index in [-0.39, 0.29) is 74.0 Å². The molecule has 0 radical (unpaired) electrons. The minimum Gasteiger partial charge on any atom is -0.355 e. The van der Waals surface area contributed by atoms with Crippen molar-refractivity contribution >= 4 is 35.4 Å². The van der Waals surface area contributed by atoms with Gasteiger partial charge in [0, 0.05) is 44.4 Å². The van der Waals surface area contributed by atoms with E-state index in [9.17, 15) is 28.8 Å².